The van der Waals surface area contributed by atoms with E-state index in [1.807, 2.05) is 11.8 Å². The molecule has 0 aromatic heterocycles. The second-order valence-corrected chi connectivity index (χ2v) is 13.6. The lowest BCUT2D eigenvalue weighted by Crippen LogP contribution is -2.36. The minimum atomic E-state index is -1.14. The zero-order valence-corrected chi connectivity index (χ0v) is 33.3. The Bertz CT molecular complexity index is 1440. The number of nitriles is 2. The van der Waals surface area contributed by atoms with Crippen LogP contribution in [0.2, 0.25) is 0 Å². The van der Waals surface area contributed by atoms with E-state index in [1.165, 1.54) is 19.1 Å². The van der Waals surface area contributed by atoms with Gasteiger partial charge in [0.05, 0.1) is 25.1 Å². The number of allylic oxidation sites excluding steroid dienone is 5. The maximum absolute atomic E-state index is 12.0. The lowest BCUT2D eigenvalue weighted by molar-refractivity contribution is -0.159. The van der Waals surface area contributed by atoms with Crippen LogP contribution in [0.25, 0.3) is 4.85 Å². The lowest BCUT2D eigenvalue weighted by Gasteiger charge is -2.29. The maximum Gasteiger partial charge on any atom is 0.407 e. The molecule has 0 heterocycles. The molecule has 3 atom stereocenters. The molecule has 0 saturated heterocycles. The van der Waals surface area contributed by atoms with E-state index in [0.29, 0.717) is 51.0 Å². The van der Waals surface area contributed by atoms with Crippen LogP contribution in [0.1, 0.15) is 59.8 Å². The summed E-state index contributed by atoms with van der Waals surface area (Å²) in [6, 6.07) is 3.58. The molecule has 0 aliphatic heterocycles. The number of amides is 2. The van der Waals surface area contributed by atoms with Gasteiger partial charge >= 0.3 is 18.0 Å². The summed E-state index contributed by atoms with van der Waals surface area (Å²) in [5, 5.41) is 32.9. The molecule has 1 saturated carbocycles. The molecule has 304 valence electrons. The van der Waals surface area contributed by atoms with Gasteiger partial charge in [-0.05, 0) is 82.0 Å². The average Bonchev–Trinajstić information content (AvgIpc) is 3.16. The van der Waals surface area contributed by atoms with Crippen LogP contribution < -0.4 is 10.6 Å². The molecule has 0 bridgehead atoms. The fourth-order valence-corrected chi connectivity index (χ4v) is 4.69. The van der Waals surface area contributed by atoms with Crippen LogP contribution in [0.4, 0.5) is 4.79 Å². The average molecular weight is 770 g/mol. The fourth-order valence-electron chi connectivity index (χ4n) is 4.69. The predicted molar refractivity (Wildman–Crippen MR) is 205 cm³/mol. The van der Waals surface area contributed by atoms with Crippen molar-refractivity contribution in [1.82, 2.24) is 20.4 Å². The third-order valence-electron chi connectivity index (χ3n) is 8.28. The lowest BCUT2D eigenvalue weighted by atomic mass is 9.81. The molecule has 16 heteroatoms. The second-order valence-electron chi connectivity index (χ2n) is 13.6. The van der Waals surface area contributed by atoms with Gasteiger partial charge in [0.2, 0.25) is 5.91 Å². The van der Waals surface area contributed by atoms with Crippen molar-refractivity contribution in [2.24, 2.45) is 17.3 Å². The van der Waals surface area contributed by atoms with Crippen LogP contribution in [-0.2, 0) is 33.3 Å². The monoisotopic (exact) mass is 769 g/mol. The van der Waals surface area contributed by atoms with Crippen LogP contribution in [0.3, 0.4) is 0 Å². The van der Waals surface area contributed by atoms with Crippen molar-refractivity contribution < 1.29 is 43.2 Å². The number of aliphatic hydroxyl groups excluding tert-OH is 1. The number of methoxy groups -OCH3 is 1. The number of hydrogen-bond acceptors (Lipinski definition) is 13. The third-order valence-corrected chi connectivity index (χ3v) is 8.28. The maximum atomic E-state index is 12.0. The Hall–Kier alpha value is -5.37. The molecule has 16 nitrogen and oxygen atoms in total. The van der Waals surface area contributed by atoms with Crippen molar-refractivity contribution in [3.8, 4) is 12.1 Å². The number of aliphatic hydroxyl groups is 1. The molecular weight excluding hydrogens is 710 g/mol. The Morgan fingerprint density at radius 3 is 2.13 bits per heavy atom. The van der Waals surface area contributed by atoms with Gasteiger partial charge in [0.1, 0.15) is 43.6 Å². The summed E-state index contributed by atoms with van der Waals surface area (Å²) in [6.07, 6.45) is 12.6. The molecule has 1 rings (SSSR count). The van der Waals surface area contributed by atoms with Crippen LogP contribution in [0.5, 0.6) is 0 Å². The molecule has 1 fully saturated rings. The first-order chi connectivity index (χ1) is 26.1. The smallest absolute Gasteiger partial charge is 0.407 e. The molecule has 3 unspecified atom stereocenters. The highest BCUT2D eigenvalue weighted by atomic mass is 16.6. The topological polar surface area (TPSA) is 208 Å². The first kappa shape index (κ1) is 49.6. The van der Waals surface area contributed by atoms with Gasteiger partial charge in [0.15, 0.2) is 0 Å². The van der Waals surface area contributed by atoms with E-state index in [4.69, 9.17) is 36.0 Å². The normalized spacial score (nSPS) is 15.8. The van der Waals surface area contributed by atoms with E-state index in [-0.39, 0.29) is 37.0 Å². The number of nitrogens with zero attached hydrogens (tertiary/aromatic N) is 5. The van der Waals surface area contributed by atoms with Gasteiger partial charge in [0.25, 0.3) is 5.70 Å². The predicted octanol–water partition coefficient (Wildman–Crippen LogP) is 3.84. The van der Waals surface area contributed by atoms with Crippen molar-refractivity contribution in [3.05, 3.63) is 59.4 Å². The summed E-state index contributed by atoms with van der Waals surface area (Å²) in [5.74, 6) is -0.427. The SMILES string of the molecule is COCCN(/C=C/C=C(C#N)C#N)CCOC(=O)NCC1CCCC(CNC(C)=O)C1.[C-]#[N+]/C(=C\C=C\N(C)C)C(=O)OCC(O)COC(=O)C(C)(C)CC. The summed E-state index contributed by atoms with van der Waals surface area (Å²) in [7, 11) is 5.20. The Kier molecular flexibility index (Phi) is 26.2. The minimum absolute atomic E-state index is 0.00944. The minimum Gasteiger partial charge on any atom is -0.468 e. The number of esters is 2. The molecule has 1 aliphatic rings. The highest BCUT2D eigenvalue weighted by Gasteiger charge is 2.28. The highest BCUT2D eigenvalue weighted by Crippen LogP contribution is 2.28. The summed E-state index contributed by atoms with van der Waals surface area (Å²) >= 11 is 0. The molecule has 3 N–H and O–H groups in total. The number of carbonyl (C=O) groups is 4. The largest absolute Gasteiger partial charge is 0.468 e. The van der Waals surface area contributed by atoms with Gasteiger partial charge in [-0.3, -0.25) is 14.4 Å². The number of rotatable bonds is 21. The van der Waals surface area contributed by atoms with Crippen molar-refractivity contribution in [1.29, 1.82) is 10.5 Å². The number of ether oxygens (including phenoxy) is 4. The van der Waals surface area contributed by atoms with Crippen LogP contribution >= 0.6 is 0 Å². The van der Waals surface area contributed by atoms with E-state index in [2.05, 4.69) is 15.5 Å². The van der Waals surface area contributed by atoms with Crippen LogP contribution in [0, 0.1) is 46.5 Å². The number of carbonyl (C=O) groups excluding carboxylic acids is 4. The van der Waals surface area contributed by atoms with E-state index in [0.717, 1.165) is 25.7 Å². The second kappa shape index (κ2) is 29.0. The van der Waals surface area contributed by atoms with E-state index in [9.17, 15) is 24.3 Å². The Balaban J connectivity index is 0.00000110. The zero-order chi connectivity index (χ0) is 41.6. The van der Waals surface area contributed by atoms with Gasteiger partial charge in [-0.2, -0.15) is 10.5 Å². The highest BCUT2D eigenvalue weighted by molar-refractivity contribution is 5.90. The number of alkyl carbamates (subject to hydrolysis) is 1. The van der Waals surface area contributed by atoms with Gasteiger partial charge in [-0.1, -0.05) is 19.4 Å². The molecular formula is C39H59N7O9. The standard InChI is InChI=1S/C22H33N5O4.C17H26N2O5/c1-18(28)25-16-19-5-3-6-20(13-19)17-26-22(29)31-12-10-27(9-11-30-2)8-4-7-21(14-23)15-24;1-7-17(2,3)16(22)24-12-13(20)11-23-15(21)14(18-4)9-8-10-19(5)6/h4,7-8,19-20H,3,5-6,9-13,16-17H2,1-2H3,(H,25,28)(H,26,29);8-10,13,20H,7,11-12H2,1-3,5-6H3/b8-4+;10-8+,14-9-. The molecule has 2 amide bonds. The summed E-state index contributed by atoms with van der Waals surface area (Å²) in [4.78, 5) is 53.3. The van der Waals surface area contributed by atoms with Gasteiger partial charge < -0.3 is 44.5 Å². The van der Waals surface area contributed by atoms with Crippen molar-refractivity contribution in [2.45, 2.75) is 65.9 Å². The quantitative estimate of drug-likeness (QED) is 0.0379. The van der Waals surface area contributed by atoms with Gasteiger partial charge in [-0.25, -0.2) is 9.64 Å². The van der Waals surface area contributed by atoms with E-state index < -0.39 is 29.6 Å². The first-order valence-electron chi connectivity index (χ1n) is 18.1. The molecule has 0 aromatic rings. The van der Waals surface area contributed by atoms with Crippen molar-refractivity contribution >= 4 is 23.9 Å². The van der Waals surface area contributed by atoms with Gasteiger partial charge in [-0.15, -0.1) is 0 Å². The van der Waals surface area contributed by atoms with E-state index in [1.54, 1.807) is 76.6 Å². The van der Waals surface area contributed by atoms with Crippen molar-refractivity contribution in [2.75, 3.05) is 73.8 Å². The molecule has 0 aromatic carbocycles. The number of hydrogen-bond donors (Lipinski definition) is 3. The zero-order valence-electron chi connectivity index (χ0n) is 33.3. The first-order valence-corrected chi connectivity index (χ1v) is 18.1. The molecule has 0 radical (unpaired) electrons. The molecule has 55 heavy (non-hydrogen) atoms. The number of nitrogens with one attached hydrogen (secondary N) is 2. The van der Waals surface area contributed by atoms with E-state index >= 15 is 0 Å². The van der Waals surface area contributed by atoms with Crippen LogP contribution in [-0.4, -0.2) is 119 Å². The summed E-state index contributed by atoms with van der Waals surface area (Å²) in [5.41, 5.74) is -0.820. The Morgan fingerprint density at radius 2 is 1.56 bits per heavy atom. The Morgan fingerprint density at radius 1 is 0.964 bits per heavy atom. The fraction of sp³-hybridized carbons (Fsp3) is 0.615. The molecule has 1 aliphatic carbocycles. The van der Waals surface area contributed by atoms with Gasteiger partial charge in [0, 0.05) is 47.8 Å². The summed E-state index contributed by atoms with van der Waals surface area (Å²) in [6.45, 7) is 16.2. The third kappa shape index (κ3) is 24.5. The Labute approximate surface area is 326 Å². The molecule has 0 spiro atoms. The van der Waals surface area contributed by atoms with Crippen molar-refractivity contribution in [3.63, 3.8) is 0 Å². The summed E-state index contributed by atoms with van der Waals surface area (Å²) < 4.78 is 20.2. The van der Waals surface area contributed by atoms with Crippen LogP contribution in [0.15, 0.2) is 48.0 Å².